The number of aliphatic hydroxyl groups excluding tert-OH is 1. The molecule has 3 rings (SSSR count). The van der Waals surface area contributed by atoms with E-state index in [4.69, 9.17) is 19.5 Å². The van der Waals surface area contributed by atoms with Gasteiger partial charge in [0, 0.05) is 18.7 Å². The molecule has 14 heteroatoms. The van der Waals surface area contributed by atoms with Crippen LogP contribution < -0.4 is 15.9 Å². The summed E-state index contributed by atoms with van der Waals surface area (Å²) in [7, 11) is -4.43. The topological polar surface area (TPSA) is 177 Å². The standard InChI is InChI=1S/C25H36FN4O8P/c1-14(2)15(3)12-30(17(5)23(32)33)39(35,38-18-9-7-6-8-10-18)36-13-20-21(31)16(4)25(26,37-20)19-11-28-24(34)29-22(19)27/h6-11,14-17,20-21,31H,12-13H2,1-5H3,(H,32,33)(H3,27,28,29,34)/t15?,16-,17?,20-,21+,25-,39-/m1/s1. The van der Waals surface area contributed by atoms with Gasteiger partial charge < -0.3 is 25.2 Å². The molecule has 2 aromatic rings. The monoisotopic (exact) mass is 570 g/mol. The summed E-state index contributed by atoms with van der Waals surface area (Å²) in [6, 6.07) is 6.81. The zero-order valence-electron chi connectivity index (χ0n) is 22.5. The van der Waals surface area contributed by atoms with E-state index in [1.165, 1.54) is 26.0 Å². The lowest BCUT2D eigenvalue weighted by Crippen LogP contribution is -2.42. The van der Waals surface area contributed by atoms with E-state index < -0.39 is 56.0 Å². The van der Waals surface area contributed by atoms with E-state index in [0.717, 1.165) is 10.9 Å². The second-order valence-corrected chi connectivity index (χ2v) is 12.0. The first-order chi connectivity index (χ1) is 18.2. The highest BCUT2D eigenvalue weighted by atomic mass is 31.2. The van der Waals surface area contributed by atoms with Crippen LogP contribution in [-0.4, -0.2) is 62.2 Å². The fourth-order valence-electron chi connectivity index (χ4n) is 4.10. The molecule has 0 radical (unpaired) electrons. The zero-order valence-corrected chi connectivity index (χ0v) is 23.4. The first kappa shape index (κ1) is 30.7. The molecule has 1 aromatic heterocycles. The van der Waals surface area contributed by atoms with Gasteiger partial charge in [0.25, 0.3) is 0 Å². The van der Waals surface area contributed by atoms with Crippen molar-refractivity contribution in [3.8, 4) is 5.75 Å². The lowest BCUT2D eigenvalue weighted by atomic mass is 9.92. The highest BCUT2D eigenvalue weighted by Gasteiger charge is 2.56. The number of carbonyl (C=O) groups is 1. The van der Waals surface area contributed by atoms with Crippen LogP contribution in [0, 0.1) is 17.8 Å². The molecule has 0 saturated carbocycles. The van der Waals surface area contributed by atoms with Crippen LogP contribution in [0.4, 0.5) is 10.2 Å². The summed E-state index contributed by atoms with van der Waals surface area (Å²) in [5.41, 5.74) is 4.72. The maximum Gasteiger partial charge on any atom is 0.462 e. The Bertz CT molecular complexity index is 1250. The summed E-state index contributed by atoms with van der Waals surface area (Å²) in [4.78, 5) is 29.2. The number of para-hydroxylation sites is 1. The van der Waals surface area contributed by atoms with E-state index in [-0.39, 0.29) is 35.5 Å². The van der Waals surface area contributed by atoms with Gasteiger partial charge in [-0.1, -0.05) is 45.9 Å². The van der Waals surface area contributed by atoms with E-state index >= 15 is 4.39 Å². The van der Waals surface area contributed by atoms with Crippen LogP contribution in [0.25, 0.3) is 0 Å². The van der Waals surface area contributed by atoms with E-state index in [1.807, 2.05) is 20.8 Å². The SMILES string of the molecule is CC(C)C(C)CN(C(C)C(=O)O)[P@@](=O)(OC[C@H]1O[C@@](F)(c2cnc(=O)[nH]c2N)[C@H](C)[C@@H]1O)Oc1ccccc1. The Labute approximate surface area is 225 Å². The highest BCUT2D eigenvalue weighted by molar-refractivity contribution is 7.51. The second kappa shape index (κ2) is 12.1. The molecular weight excluding hydrogens is 534 g/mol. The molecule has 1 fully saturated rings. The van der Waals surface area contributed by atoms with Crippen molar-refractivity contribution in [2.24, 2.45) is 17.8 Å². The minimum Gasteiger partial charge on any atom is -0.480 e. The number of halogens is 1. The Kier molecular flexibility index (Phi) is 9.56. The van der Waals surface area contributed by atoms with Gasteiger partial charge in [-0.3, -0.25) is 14.3 Å². The van der Waals surface area contributed by atoms with Gasteiger partial charge in [0.05, 0.1) is 18.3 Å². The number of nitrogens with zero attached hydrogens (tertiary/aromatic N) is 2. The van der Waals surface area contributed by atoms with E-state index in [1.54, 1.807) is 18.2 Å². The number of carboxylic acids is 1. The number of nitrogens with one attached hydrogen (secondary N) is 1. The van der Waals surface area contributed by atoms with Gasteiger partial charge in [0.1, 0.15) is 23.7 Å². The number of nitrogen functional groups attached to an aromatic ring is 1. The summed E-state index contributed by atoms with van der Waals surface area (Å²) in [5, 5.41) is 20.6. The molecule has 2 heterocycles. The number of ether oxygens (including phenoxy) is 1. The summed E-state index contributed by atoms with van der Waals surface area (Å²) >= 11 is 0. The molecule has 1 aliphatic rings. The summed E-state index contributed by atoms with van der Waals surface area (Å²) < 4.78 is 48.7. The molecule has 216 valence electrons. The molecule has 1 saturated heterocycles. The van der Waals surface area contributed by atoms with Gasteiger partial charge in [-0.25, -0.2) is 18.7 Å². The highest BCUT2D eigenvalue weighted by Crippen LogP contribution is 2.55. The molecule has 1 aromatic carbocycles. The van der Waals surface area contributed by atoms with Crippen LogP contribution in [0.1, 0.15) is 40.2 Å². The number of benzene rings is 1. The van der Waals surface area contributed by atoms with Gasteiger partial charge >= 0.3 is 19.4 Å². The predicted molar refractivity (Wildman–Crippen MR) is 141 cm³/mol. The number of aliphatic hydroxyl groups is 1. The van der Waals surface area contributed by atoms with Crippen molar-refractivity contribution in [2.45, 2.75) is 58.7 Å². The van der Waals surface area contributed by atoms with Gasteiger partial charge in [-0.15, -0.1) is 0 Å². The molecular formula is C25H36FN4O8P. The summed E-state index contributed by atoms with van der Waals surface area (Å²) in [6.07, 6.45) is -1.88. The van der Waals surface area contributed by atoms with Crippen LogP contribution in [-0.2, 0) is 24.5 Å². The molecule has 0 spiro atoms. The maximum absolute atomic E-state index is 16.1. The minimum absolute atomic E-state index is 0.0480. The van der Waals surface area contributed by atoms with Gasteiger partial charge in [-0.05, 0) is 30.9 Å². The van der Waals surface area contributed by atoms with E-state index in [0.29, 0.717) is 0 Å². The lowest BCUT2D eigenvalue weighted by molar-refractivity contribution is -0.166. The zero-order chi connectivity index (χ0) is 29.1. The first-order valence-corrected chi connectivity index (χ1v) is 14.1. The van der Waals surface area contributed by atoms with Crippen LogP contribution in [0.3, 0.4) is 0 Å². The van der Waals surface area contributed by atoms with Crippen molar-refractivity contribution in [3.63, 3.8) is 0 Å². The van der Waals surface area contributed by atoms with Crippen LogP contribution in [0.15, 0.2) is 41.3 Å². The van der Waals surface area contributed by atoms with Crippen molar-refractivity contribution < 1.29 is 37.7 Å². The average molecular weight is 571 g/mol. The Morgan fingerprint density at radius 3 is 2.51 bits per heavy atom. The third-order valence-electron chi connectivity index (χ3n) is 7.11. The van der Waals surface area contributed by atoms with Crippen LogP contribution in [0.2, 0.25) is 0 Å². The van der Waals surface area contributed by atoms with E-state index in [9.17, 15) is 24.4 Å². The number of anilines is 1. The fraction of sp³-hybridized carbons (Fsp3) is 0.560. The van der Waals surface area contributed by atoms with Crippen LogP contribution >= 0.6 is 7.75 Å². The number of nitrogens with two attached hydrogens (primary N) is 1. The largest absolute Gasteiger partial charge is 0.480 e. The molecule has 5 N–H and O–H groups in total. The molecule has 1 aliphatic heterocycles. The van der Waals surface area contributed by atoms with Crippen molar-refractivity contribution in [2.75, 3.05) is 18.9 Å². The van der Waals surface area contributed by atoms with Crippen molar-refractivity contribution in [3.05, 3.63) is 52.6 Å². The Morgan fingerprint density at radius 1 is 1.31 bits per heavy atom. The third-order valence-corrected chi connectivity index (χ3v) is 9.17. The molecule has 0 aliphatic carbocycles. The molecule has 0 bridgehead atoms. The van der Waals surface area contributed by atoms with Gasteiger partial charge in [-0.2, -0.15) is 4.67 Å². The molecule has 12 nitrogen and oxygen atoms in total. The van der Waals surface area contributed by atoms with Crippen molar-refractivity contribution in [1.82, 2.24) is 14.6 Å². The van der Waals surface area contributed by atoms with Gasteiger partial charge in [0.15, 0.2) is 0 Å². The number of alkyl halides is 1. The quantitative estimate of drug-likeness (QED) is 0.276. The smallest absolute Gasteiger partial charge is 0.462 e. The summed E-state index contributed by atoms with van der Waals surface area (Å²) in [5.74, 6) is -5.24. The molecule has 7 atom stereocenters. The number of hydrogen-bond acceptors (Lipinski definition) is 9. The first-order valence-electron chi connectivity index (χ1n) is 12.6. The third kappa shape index (κ3) is 6.67. The number of aromatic amines is 1. The second-order valence-electron chi connectivity index (χ2n) is 10.1. The van der Waals surface area contributed by atoms with Gasteiger partial charge in [0.2, 0.25) is 5.85 Å². The number of rotatable bonds is 12. The normalized spacial score (nSPS) is 26.3. The van der Waals surface area contributed by atoms with Crippen molar-refractivity contribution in [1.29, 1.82) is 0 Å². The predicted octanol–water partition coefficient (Wildman–Crippen LogP) is 3.14. The fourth-order valence-corrected chi connectivity index (χ4v) is 6.11. The Balaban J connectivity index is 1.94. The Morgan fingerprint density at radius 2 is 1.95 bits per heavy atom. The average Bonchev–Trinajstić information content (AvgIpc) is 3.09. The number of carboxylic acid groups (broad SMARTS) is 1. The number of aromatic nitrogens is 2. The van der Waals surface area contributed by atoms with E-state index in [2.05, 4.69) is 9.97 Å². The maximum atomic E-state index is 16.1. The summed E-state index contributed by atoms with van der Waals surface area (Å²) in [6.45, 7) is 7.94. The number of aliphatic carboxylic acids is 1. The molecule has 0 amide bonds. The number of hydrogen-bond donors (Lipinski definition) is 4. The van der Waals surface area contributed by atoms with Crippen molar-refractivity contribution >= 4 is 19.5 Å². The lowest BCUT2D eigenvalue weighted by Gasteiger charge is -2.35. The Hall–Kier alpha value is -2.83. The minimum atomic E-state index is -4.43. The number of H-pyrrole nitrogens is 1. The van der Waals surface area contributed by atoms with Crippen LogP contribution in [0.5, 0.6) is 5.75 Å². The molecule has 2 unspecified atom stereocenters. The molecule has 39 heavy (non-hydrogen) atoms.